The molecule has 1 heterocycles. The maximum absolute atomic E-state index is 14.0. The molecule has 2 aromatic rings. The van der Waals surface area contributed by atoms with Crippen LogP contribution in [0.4, 0.5) is 4.39 Å². The molecule has 1 aromatic carbocycles. The van der Waals surface area contributed by atoms with Crippen LogP contribution in [-0.2, 0) is 6.42 Å². The number of halogens is 1. The molecule has 0 radical (unpaired) electrons. The third kappa shape index (κ3) is 3.70. The second-order valence-corrected chi connectivity index (χ2v) is 13.7. The Bertz CT molecular complexity index is 1090. The van der Waals surface area contributed by atoms with Gasteiger partial charge in [0, 0.05) is 12.5 Å². The Morgan fingerprint density at radius 1 is 1.08 bits per heavy atom. The van der Waals surface area contributed by atoms with Crippen molar-refractivity contribution >= 4 is 11.0 Å². The van der Waals surface area contributed by atoms with Crippen LogP contribution in [0.1, 0.15) is 89.9 Å². The van der Waals surface area contributed by atoms with Gasteiger partial charge in [0.25, 0.3) is 0 Å². The van der Waals surface area contributed by atoms with E-state index in [1.807, 2.05) is 6.07 Å². The number of aliphatic hydroxyl groups excluding tert-OH is 2. The highest BCUT2D eigenvalue weighted by molar-refractivity contribution is 5.76. The Labute approximate surface area is 215 Å². The van der Waals surface area contributed by atoms with Crippen LogP contribution in [-0.4, -0.2) is 32.4 Å². The molecule has 0 amide bonds. The number of fused-ring (bicyclic) bond motifs is 6. The molecule has 4 saturated carbocycles. The molecule has 4 aliphatic rings. The van der Waals surface area contributed by atoms with E-state index in [4.69, 9.17) is 0 Å². The molecule has 1 aromatic heterocycles. The standard InChI is InChI=1S/C31H45FN2O2/c1-17(5-10-29-33-26-13-18(2)25(32)16-27(26)34-29)22-8-9-23-21-7-6-19-14-20(35)11-12-30(19,3)24(21)15-28(36)31(22,23)4/h13,16-17,19-24,28,35-36H,5-12,14-15H2,1-4H3,(H,33,34)/t17?,19-,20-,21+,22-,23+,24+,28+,30+,31-/m1/s1. The van der Waals surface area contributed by atoms with E-state index in [1.54, 1.807) is 6.92 Å². The van der Waals surface area contributed by atoms with E-state index in [2.05, 4.69) is 30.7 Å². The van der Waals surface area contributed by atoms with E-state index in [9.17, 15) is 14.6 Å². The first-order valence-corrected chi connectivity index (χ1v) is 14.6. The highest BCUT2D eigenvalue weighted by Crippen LogP contribution is 2.68. The van der Waals surface area contributed by atoms with Crippen LogP contribution >= 0.6 is 0 Å². The van der Waals surface area contributed by atoms with Gasteiger partial charge in [-0.25, -0.2) is 9.37 Å². The van der Waals surface area contributed by atoms with Gasteiger partial charge in [-0.2, -0.15) is 0 Å². The number of hydrogen-bond acceptors (Lipinski definition) is 3. The second kappa shape index (κ2) is 8.80. The number of aromatic nitrogens is 2. The summed E-state index contributed by atoms with van der Waals surface area (Å²) in [6.07, 6.45) is 10.5. The van der Waals surface area contributed by atoms with Gasteiger partial charge in [0.2, 0.25) is 0 Å². The lowest BCUT2D eigenvalue weighted by Crippen LogP contribution is -2.58. The summed E-state index contributed by atoms with van der Waals surface area (Å²) in [5, 5.41) is 22.1. The average Bonchev–Trinajstić information content (AvgIpc) is 3.40. The highest BCUT2D eigenvalue weighted by Gasteiger charge is 2.63. The molecular formula is C31H45FN2O2. The number of benzene rings is 1. The van der Waals surface area contributed by atoms with Gasteiger partial charge in [-0.1, -0.05) is 20.8 Å². The van der Waals surface area contributed by atoms with E-state index >= 15 is 0 Å². The first-order chi connectivity index (χ1) is 17.1. The van der Waals surface area contributed by atoms with Gasteiger partial charge < -0.3 is 15.2 Å². The van der Waals surface area contributed by atoms with Gasteiger partial charge >= 0.3 is 0 Å². The molecule has 0 spiro atoms. The van der Waals surface area contributed by atoms with Gasteiger partial charge in [-0.3, -0.25) is 0 Å². The summed E-state index contributed by atoms with van der Waals surface area (Å²) in [5.41, 5.74) is 2.55. The number of hydrogen-bond donors (Lipinski definition) is 3. The quantitative estimate of drug-likeness (QED) is 0.448. The predicted molar refractivity (Wildman–Crippen MR) is 141 cm³/mol. The van der Waals surface area contributed by atoms with Crippen molar-refractivity contribution in [2.75, 3.05) is 0 Å². The van der Waals surface area contributed by atoms with Crippen LogP contribution in [0.2, 0.25) is 0 Å². The third-order valence-corrected chi connectivity index (χ3v) is 12.2. The minimum atomic E-state index is -0.238. The Morgan fingerprint density at radius 3 is 2.69 bits per heavy atom. The Kier molecular flexibility index (Phi) is 6.07. The molecule has 0 saturated heterocycles. The lowest BCUT2D eigenvalue weighted by atomic mass is 9.43. The molecule has 5 heteroatoms. The largest absolute Gasteiger partial charge is 0.393 e. The third-order valence-electron chi connectivity index (χ3n) is 12.2. The number of nitrogens with one attached hydrogen (secondary N) is 1. The number of aromatic amines is 1. The van der Waals surface area contributed by atoms with Crippen molar-refractivity contribution in [1.82, 2.24) is 9.97 Å². The Balaban J connectivity index is 1.18. The number of aliphatic hydroxyl groups is 2. The molecular weight excluding hydrogens is 451 g/mol. The van der Waals surface area contributed by atoms with Crippen molar-refractivity contribution in [3.63, 3.8) is 0 Å². The molecule has 0 bridgehead atoms. The highest BCUT2D eigenvalue weighted by atomic mass is 19.1. The van der Waals surface area contributed by atoms with Crippen LogP contribution in [0.3, 0.4) is 0 Å². The fourth-order valence-corrected chi connectivity index (χ4v) is 10.0. The van der Waals surface area contributed by atoms with Crippen LogP contribution in [0.15, 0.2) is 12.1 Å². The first kappa shape index (κ1) is 24.9. The summed E-state index contributed by atoms with van der Waals surface area (Å²) in [6.45, 7) is 9.08. The zero-order chi connectivity index (χ0) is 25.4. The van der Waals surface area contributed by atoms with E-state index in [0.29, 0.717) is 40.7 Å². The maximum Gasteiger partial charge on any atom is 0.128 e. The van der Waals surface area contributed by atoms with Gasteiger partial charge in [0.15, 0.2) is 0 Å². The fraction of sp³-hybridized carbons (Fsp3) is 0.774. The summed E-state index contributed by atoms with van der Waals surface area (Å²) < 4.78 is 14.0. The fourth-order valence-electron chi connectivity index (χ4n) is 10.0. The Hall–Kier alpha value is -1.46. The lowest BCUT2D eigenvalue weighted by molar-refractivity contribution is -0.174. The minimum absolute atomic E-state index is 0.00786. The van der Waals surface area contributed by atoms with E-state index in [-0.39, 0.29) is 28.9 Å². The van der Waals surface area contributed by atoms with Crippen molar-refractivity contribution in [2.24, 2.45) is 46.3 Å². The molecule has 10 atom stereocenters. The summed E-state index contributed by atoms with van der Waals surface area (Å²) >= 11 is 0. The van der Waals surface area contributed by atoms with Crippen molar-refractivity contribution in [3.8, 4) is 0 Å². The van der Waals surface area contributed by atoms with E-state index in [0.717, 1.165) is 55.8 Å². The molecule has 3 N–H and O–H groups in total. The monoisotopic (exact) mass is 496 g/mol. The lowest BCUT2D eigenvalue weighted by Gasteiger charge is -2.62. The van der Waals surface area contributed by atoms with E-state index in [1.165, 1.54) is 31.7 Å². The SMILES string of the molecule is Cc1cc2[nH]c(CCC(C)[C@H]3CC[C@H]4[C@@H]5CC[C@@H]6C[C@H](O)CC[C@]6(C)[C@H]5C[C@H](O)[C@]34C)nc2cc1F. The molecule has 4 aliphatic carbocycles. The maximum atomic E-state index is 14.0. The molecule has 4 nitrogen and oxygen atoms in total. The van der Waals surface area contributed by atoms with Crippen LogP contribution in [0, 0.1) is 59.1 Å². The Morgan fingerprint density at radius 2 is 1.89 bits per heavy atom. The first-order valence-electron chi connectivity index (χ1n) is 14.6. The van der Waals surface area contributed by atoms with E-state index < -0.39 is 0 Å². The summed E-state index contributed by atoms with van der Waals surface area (Å²) in [6, 6.07) is 3.39. The zero-order valence-corrected chi connectivity index (χ0v) is 22.6. The number of rotatable bonds is 4. The molecule has 36 heavy (non-hydrogen) atoms. The zero-order valence-electron chi connectivity index (χ0n) is 22.6. The number of H-pyrrole nitrogens is 1. The van der Waals surface area contributed by atoms with Crippen molar-refractivity contribution in [3.05, 3.63) is 29.3 Å². The molecule has 198 valence electrons. The molecule has 1 unspecified atom stereocenters. The van der Waals surface area contributed by atoms with Crippen molar-refractivity contribution < 1.29 is 14.6 Å². The topological polar surface area (TPSA) is 69.1 Å². The number of aryl methyl sites for hydroxylation is 2. The normalized spacial score (nSPS) is 43.1. The molecule has 6 rings (SSSR count). The summed E-state index contributed by atoms with van der Waals surface area (Å²) in [5.74, 6) is 4.34. The average molecular weight is 497 g/mol. The second-order valence-electron chi connectivity index (χ2n) is 13.7. The summed E-state index contributed by atoms with van der Waals surface area (Å²) in [7, 11) is 0. The minimum Gasteiger partial charge on any atom is -0.393 e. The number of imidazole rings is 1. The molecule has 0 aliphatic heterocycles. The van der Waals surface area contributed by atoms with Crippen LogP contribution in [0.5, 0.6) is 0 Å². The smallest absolute Gasteiger partial charge is 0.128 e. The van der Waals surface area contributed by atoms with Crippen molar-refractivity contribution in [2.45, 2.75) is 104 Å². The predicted octanol–water partition coefficient (Wildman–Crippen LogP) is 6.57. The van der Waals surface area contributed by atoms with Gasteiger partial charge in [-0.15, -0.1) is 0 Å². The van der Waals surface area contributed by atoms with Gasteiger partial charge in [0.05, 0.1) is 23.2 Å². The summed E-state index contributed by atoms with van der Waals surface area (Å²) in [4.78, 5) is 8.08. The number of nitrogens with zero attached hydrogens (tertiary/aromatic N) is 1. The van der Waals surface area contributed by atoms with Gasteiger partial charge in [-0.05, 0) is 123 Å². The van der Waals surface area contributed by atoms with Crippen molar-refractivity contribution in [1.29, 1.82) is 0 Å². The molecule has 4 fully saturated rings. The van der Waals surface area contributed by atoms with Crippen LogP contribution < -0.4 is 0 Å². The van der Waals surface area contributed by atoms with Crippen LogP contribution in [0.25, 0.3) is 11.0 Å². The van der Waals surface area contributed by atoms with Gasteiger partial charge in [0.1, 0.15) is 11.6 Å².